The Labute approximate surface area is 121 Å². The van der Waals surface area contributed by atoms with Crippen LogP contribution in [0.3, 0.4) is 0 Å². The number of ether oxygens (including phenoxy) is 1. The maximum absolute atomic E-state index is 11.6. The molecule has 1 aromatic rings. The second kappa shape index (κ2) is 6.59. The van der Waals surface area contributed by atoms with Gasteiger partial charge in [0, 0.05) is 12.3 Å². The molecule has 1 heterocycles. The molecule has 1 aliphatic heterocycles. The number of hydrogen-bond donors (Lipinski definition) is 1. The maximum atomic E-state index is 11.6. The molecule has 0 saturated carbocycles. The highest BCUT2D eigenvalue weighted by molar-refractivity contribution is 7.90. The molecule has 0 aliphatic carbocycles. The lowest BCUT2D eigenvalue weighted by molar-refractivity contribution is 0.288. The van der Waals surface area contributed by atoms with E-state index >= 15 is 0 Å². The minimum atomic E-state index is -3.02. The topological polar surface area (TPSA) is 55.4 Å². The van der Waals surface area contributed by atoms with Crippen LogP contribution in [-0.4, -0.2) is 33.6 Å². The summed E-state index contributed by atoms with van der Waals surface area (Å²) in [5, 5.41) is 3.33. The van der Waals surface area contributed by atoms with Crippen molar-refractivity contribution in [3.05, 3.63) is 29.3 Å². The molecule has 20 heavy (non-hydrogen) atoms. The Morgan fingerprint density at radius 2 is 2.20 bits per heavy atom. The van der Waals surface area contributed by atoms with E-state index in [1.807, 2.05) is 12.1 Å². The molecule has 0 aromatic heterocycles. The molecule has 4 nitrogen and oxygen atoms in total. The first-order chi connectivity index (χ1) is 9.49. The van der Waals surface area contributed by atoms with Gasteiger partial charge in [0.15, 0.2) is 0 Å². The smallest absolute Gasteiger partial charge is 0.149 e. The van der Waals surface area contributed by atoms with Gasteiger partial charge >= 0.3 is 0 Å². The highest BCUT2D eigenvalue weighted by Crippen LogP contribution is 2.28. The molecule has 1 atom stereocenters. The number of fused-ring (bicyclic) bond motifs is 1. The predicted octanol–water partition coefficient (Wildman–Crippen LogP) is 2.10. The van der Waals surface area contributed by atoms with Gasteiger partial charge < -0.3 is 10.1 Å². The van der Waals surface area contributed by atoms with Crippen LogP contribution in [0.5, 0.6) is 5.75 Å². The van der Waals surface area contributed by atoms with Crippen molar-refractivity contribution in [3.63, 3.8) is 0 Å². The third-order valence-electron chi connectivity index (χ3n) is 3.45. The van der Waals surface area contributed by atoms with Crippen LogP contribution in [0.1, 0.15) is 36.9 Å². The lowest BCUT2D eigenvalue weighted by atomic mass is 10.00. The predicted molar refractivity (Wildman–Crippen MR) is 81.0 cm³/mol. The van der Waals surface area contributed by atoms with E-state index in [1.165, 1.54) is 11.8 Å². The molecular weight excluding hydrogens is 274 g/mol. The molecule has 112 valence electrons. The summed E-state index contributed by atoms with van der Waals surface area (Å²) < 4.78 is 28.8. The lowest BCUT2D eigenvalue weighted by Crippen LogP contribution is -2.28. The molecule has 2 rings (SSSR count). The third-order valence-corrected chi connectivity index (χ3v) is 4.38. The Balaban J connectivity index is 2.23. The van der Waals surface area contributed by atoms with Crippen molar-refractivity contribution in [2.75, 3.05) is 25.2 Å². The summed E-state index contributed by atoms with van der Waals surface area (Å²) in [4.78, 5) is 0. The van der Waals surface area contributed by atoms with Crippen molar-refractivity contribution < 1.29 is 13.2 Å². The molecule has 0 amide bonds. The Morgan fingerprint density at radius 1 is 1.40 bits per heavy atom. The molecule has 0 fully saturated rings. The van der Waals surface area contributed by atoms with Crippen molar-refractivity contribution in [2.24, 2.45) is 0 Å². The Hall–Kier alpha value is -1.07. The maximum Gasteiger partial charge on any atom is 0.149 e. The number of nitrogens with one attached hydrogen (secondary N) is 1. The Kier molecular flexibility index (Phi) is 5.05. The third kappa shape index (κ3) is 4.21. The first-order valence-corrected chi connectivity index (χ1v) is 9.22. The monoisotopic (exact) mass is 297 g/mol. The summed E-state index contributed by atoms with van der Waals surface area (Å²) in [6.45, 7) is 3.66. The van der Waals surface area contributed by atoms with Gasteiger partial charge in [-0.1, -0.05) is 19.1 Å². The summed E-state index contributed by atoms with van der Waals surface area (Å²) in [5.74, 6) is 1.07. The van der Waals surface area contributed by atoms with Crippen LogP contribution in [-0.2, 0) is 16.3 Å². The fraction of sp³-hybridized carbons (Fsp3) is 0.600. The lowest BCUT2D eigenvalue weighted by Gasteiger charge is -2.22. The highest BCUT2D eigenvalue weighted by atomic mass is 32.2. The van der Waals surface area contributed by atoms with E-state index in [9.17, 15) is 8.42 Å². The molecule has 1 N–H and O–H groups in total. The zero-order chi connectivity index (χ0) is 14.6. The number of sulfone groups is 1. The summed E-state index contributed by atoms with van der Waals surface area (Å²) in [7, 11) is -3.02. The molecule has 1 unspecified atom stereocenters. The fourth-order valence-corrected chi connectivity index (χ4v) is 3.41. The van der Waals surface area contributed by atoms with Gasteiger partial charge in [-0.15, -0.1) is 0 Å². The van der Waals surface area contributed by atoms with Gasteiger partial charge in [-0.05, 0) is 43.0 Å². The number of rotatable bonds is 6. The molecule has 5 heteroatoms. The van der Waals surface area contributed by atoms with E-state index in [0.29, 0.717) is 0 Å². The number of aryl methyl sites for hydroxylation is 1. The minimum absolute atomic E-state index is 0.132. The Bertz CT molecular complexity index is 554. The normalized spacial score (nSPS) is 16.3. The van der Waals surface area contributed by atoms with Gasteiger partial charge in [0.1, 0.15) is 15.6 Å². The Morgan fingerprint density at radius 3 is 2.90 bits per heavy atom. The average Bonchev–Trinajstić information content (AvgIpc) is 2.41. The zero-order valence-electron chi connectivity index (χ0n) is 12.2. The first kappa shape index (κ1) is 15.3. The van der Waals surface area contributed by atoms with Crippen molar-refractivity contribution in [3.8, 4) is 5.75 Å². The summed E-state index contributed by atoms with van der Waals surface area (Å²) >= 11 is 0. The summed E-state index contributed by atoms with van der Waals surface area (Å²) in [6.07, 6.45) is 4.29. The molecule has 0 bridgehead atoms. The van der Waals surface area contributed by atoms with Gasteiger partial charge in [-0.2, -0.15) is 0 Å². The van der Waals surface area contributed by atoms with E-state index < -0.39 is 9.84 Å². The average molecular weight is 297 g/mol. The van der Waals surface area contributed by atoms with E-state index in [1.54, 1.807) is 0 Å². The van der Waals surface area contributed by atoms with E-state index in [-0.39, 0.29) is 11.8 Å². The van der Waals surface area contributed by atoms with Crippen molar-refractivity contribution in [1.82, 2.24) is 5.32 Å². The number of benzene rings is 1. The van der Waals surface area contributed by atoms with Crippen LogP contribution < -0.4 is 10.1 Å². The largest absolute Gasteiger partial charge is 0.493 e. The fourth-order valence-electron chi connectivity index (χ4n) is 2.49. The van der Waals surface area contributed by atoms with E-state index in [0.717, 1.165) is 43.7 Å². The van der Waals surface area contributed by atoms with Gasteiger partial charge in [-0.25, -0.2) is 8.42 Å². The number of hydrogen-bond acceptors (Lipinski definition) is 4. The second-order valence-electron chi connectivity index (χ2n) is 5.42. The van der Waals surface area contributed by atoms with Crippen LogP contribution in [0.15, 0.2) is 18.2 Å². The molecular formula is C15H23NO3S. The van der Waals surface area contributed by atoms with Crippen molar-refractivity contribution in [2.45, 2.75) is 32.2 Å². The second-order valence-corrected chi connectivity index (χ2v) is 7.60. The van der Waals surface area contributed by atoms with Gasteiger partial charge in [-0.3, -0.25) is 0 Å². The summed E-state index contributed by atoms with van der Waals surface area (Å²) in [5.41, 5.74) is 2.22. The van der Waals surface area contributed by atoms with Crippen LogP contribution in [0, 0.1) is 0 Å². The molecule has 1 aromatic carbocycles. The highest BCUT2D eigenvalue weighted by Gasteiger charge is 2.19. The van der Waals surface area contributed by atoms with E-state index in [2.05, 4.69) is 18.3 Å². The molecule has 0 radical (unpaired) electrons. The zero-order valence-corrected chi connectivity index (χ0v) is 13.0. The first-order valence-electron chi connectivity index (χ1n) is 7.16. The van der Waals surface area contributed by atoms with Crippen LogP contribution in [0.2, 0.25) is 0 Å². The van der Waals surface area contributed by atoms with Gasteiger partial charge in [0.2, 0.25) is 0 Å². The molecule has 0 spiro atoms. The van der Waals surface area contributed by atoms with Crippen molar-refractivity contribution >= 4 is 9.84 Å². The van der Waals surface area contributed by atoms with Crippen molar-refractivity contribution in [1.29, 1.82) is 0 Å². The van der Waals surface area contributed by atoms with Crippen LogP contribution in [0.25, 0.3) is 0 Å². The minimum Gasteiger partial charge on any atom is -0.493 e. The SMILES string of the molecule is CCCNC(CS(C)(=O)=O)c1ccc2c(c1)CCCO2. The standard InChI is InChI=1S/C15H23NO3S/c1-3-8-16-14(11-20(2,17)18)12-6-7-15-13(10-12)5-4-9-19-15/h6-7,10,14,16H,3-5,8-9,11H2,1-2H3. The quantitative estimate of drug-likeness (QED) is 0.873. The van der Waals surface area contributed by atoms with Gasteiger partial charge in [0.05, 0.1) is 12.4 Å². The van der Waals surface area contributed by atoms with Gasteiger partial charge in [0.25, 0.3) is 0 Å². The molecule has 0 saturated heterocycles. The van der Waals surface area contributed by atoms with E-state index in [4.69, 9.17) is 4.74 Å². The van der Waals surface area contributed by atoms with Crippen LogP contribution >= 0.6 is 0 Å². The molecule has 1 aliphatic rings. The summed E-state index contributed by atoms with van der Waals surface area (Å²) in [6, 6.07) is 5.89. The van der Waals surface area contributed by atoms with Crippen LogP contribution in [0.4, 0.5) is 0 Å².